The minimum Gasteiger partial charge on any atom is -0.451 e. The third-order valence-electron chi connectivity index (χ3n) is 4.69. The van der Waals surface area contributed by atoms with Gasteiger partial charge in [0.15, 0.2) is 6.61 Å². The molecule has 2 saturated heterocycles. The van der Waals surface area contributed by atoms with Crippen molar-refractivity contribution in [1.82, 2.24) is 4.90 Å². The van der Waals surface area contributed by atoms with Crippen LogP contribution in [0.5, 0.6) is 0 Å². The molecule has 4 rings (SSSR count). The van der Waals surface area contributed by atoms with Crippen molar-refractivity contribution < 1.29 is 28.6 Å². The molecule has 29 heavy (non-hydrogen) atoms. The molecule has 2 aliphatic rings. The Morgan fingerprint density at radius 1 is 1.07 bits per heavy atom. The van der Waals surface area contributed by atoms with Gasteiger partial charge in [-0.2, -0.15) is 0 Å². The van der Waals surface area contributed by atoms with Crippen LogP contribution in [0.25, 0.3) is 11.1 Å². The summed E-state index contributed by atoms with van der Waals surface area (Å²) in [5, 5.41) is 0.973. The third kappa shape index (κ3) is 4.25. The maximum atomic E-state index is 12.6. The van der Waals surface area contributed by atoms with Crippen molar-refractivity contribution in [2.24, 2.45) is 0 Å². The largest absolute Gasteiger partial charge is 0.451 e. The molecule has 0 aliphatic carbocycles. The first-order valence-corrected chi connectivity index (χ1v) is 10.1. The normalized spacial score (nSPS) is 16.6. The average Bonchev–Trinajstić information content (AvgIpc) is 3.40. The minimum absolute atomic E-state index is 0.160. The van der Waals surface area contributed by atoms with Crippen molar-refractivity contribution in [3.05, 3.63) is 41.3 Å². The summed E-state index contributed by atoms with van der Waals surface area (Å²) in [5.41, 5.74) is 1.94. The van der Waals surface area contributed by atoms with Crippen molar-refractivity contribution in [3.63, 3.8) is 0 Å². The number of anilines is 1. The van der Waals surface area contributed by atoms with Crippen LogP contribution in [0.4, 0.5) is 9.80 Å². The number of rotatable bonds is 5. The molecule has 0 spiro atoms. The van der Waals surface area contributed by atoms with Gasteiger partial charge in [-0.3, -0.25) is 4.79 Å². The third-order valence-corrected chi connectivity index (χ3v) is 5.86. The lowest BCUT2D eigenvalue weighted by Gasteiger charge is -2.28. The molecule has 9 heteroatoms. The number of ether oxygens (including phenoxy) is 3. The molecule has 0 atom stereocenters. The molecule has 0 N–H and O–H groups in total. The van der Waals surface area contributed by atoms with Gasteiger partial charge in [-0.15, -0.1) is 11.3 Å². The Hall–Kier alpha value is -2.91. The number of morpholine rings is 1. The number of benzene rings is 1. The first-order valence-electron chi connectivity index (χ1n) is 9.29. The van der Waals surface area contributed by atoms with Crippen LogP contribution in [-0.4, -0.2) is 68.9 Å². The second-order valence-corrected chi connectivity index (χ2v) is 7.56. The van der Waals surface area contributed by atoms with Crippen molar-refractivity contribution in [2.75, 3.05) is 51.0 Å². The molecular formula is C20H20N2O6S. The van der Waals surface area contributed by atoms with E-state index in [1.54, 1.807) is 6.07 Å². The van der Waals surface area contributed by atoms with Gasteiger partial charge in [0.1, 0.15) is 11.5 Å². The van der Waals surface area contributed by atoms with E-state index in [4.69, 9.17) is 14.2 Å². The molecule has 0 saturated carbocycles. The summed E-state index contributed by atoms with van der Waals surface area (Å²) in [5.74, 6) is -1.18. The zero-order chi connectivity index (χ0) is 20.2. The Morgan fingerprint density at radius 2 is 1.83 bits per heavy atom. The summed E-state index contributed by atoms with van der Waals surface area (Å²) >= 11 is 1.33. The van der Waals surface area contributed by atoms with E-state index >= 15 is 0 Å². The van der Waals surface area contributed by atoms with Crippen LogP contribution in [0, 0.1) is 0 Å². The molecule has 0 radical (unpaired) electrons. The van der Waals surface area contributed by atoms with Crippen molar-refractivity contribution in [3.8, 4) is 11.1 Å². The maximum absolute atomic E-state index is 12.6. The summed E-state index contributed by atoms with van der Waals surface area (Å²) in [7, 11) is 0. The number of cyclic esters (lactones) is 1. The molecule has 152 valence electrons. The van der Waals surface area contributed by atoms with Gasteiger partial charge in [0.05, 0.1) is 24.8 Å². The van der Waals surface area contributed by atoms with Gasteiger partial charge >= 0.3 is 12.1 Å². The lowest BCUT2D eigenvalue weighted by atomic mass is 10.1. The van der Waals surface area contributed by atoms with Gasteiger partial charge in [-0.25, -0.2) is 14.5 Å². The molecule has 2 aliphatic heterocycles. The molecule has 2 aromatic rings. The van der Waals surface area contributed by atoms with Crippen LogP contribution in [0.3, 0.4) is 0 Å². The quantitative estimate of drug-likeness (QED) is 0.692. The lowest BCUT2D eigenvalue weighted by Crippen LogP contribution is -2.35. The molecule has 8 nitrogen and oxygen atoms in total. The van der Waals surface area contributed by atoms with Crippen LogP contribution in [0.2, 0.25) is 0 Å². The van der Waals surface area contributed by atoms with E-state index in [0.29, 0.717) is 18.1 Å². The van der Waals surface area contributed by atoms with Crippen LogP contribution >= 0.6 is 11.3 Å². The number of imide groups is 1. The van der Waals surface area contributed by atoms with Gasteiger partial charge in [0.2, 0.25) is 0 Å². The predicted octanol–water partition coefficient (Wildman–Crippen LogP) is 2.39. The highest BCUT2D eigenvalue weighted by Gasteiger charge is 2.29. The van der Waals surface area contributed by atoms with Crippen LogP contribution in [0.15, 0.2) is 36.4 Å². The summed E-state index contributed by atoms with van der Waals surface area (Å²) in [6.07, 6.45) is -0.705. The zero-order valence-electron chi connectivity index (χ0n) is 15.7. The molecular weight excluding hydrogens is 396 g/mol. The van der Waals surface area contributed by atoms with Crippen LogP contribution in [-0.2, 0) is 19.0 Å². The molecule has 0 bridgehead atoms. The first kappa shape index (κ1) is 19.4. The highest BCUT2D eigenvalue weighted by molar-refractivity contribution is 7.18. The summed E-state index contributed by atoms with van der Waals surface area (Å²) in [6, 6.07) is 11.6. The Balaban J connectivity index is 1.52. The Labute approximate surface area is 171 Å². The van der Waals surface area contributed by atoms with Gasteiger partial charge in [-0.1, -0.05) is 30.3 Å². The van der Waals surface area contributed by atoms with E-state index in [1.165, 1.54) is 11.3 Å². The van der Waals surface area contributed by atoms with Gasteiger partial charge in [-0.05, 0) is 11.6 Å². The second kappa shape index (κ2) is 8.62. The van der Waals surface area contributed by atoms with E-state index in [0.717, 1.165) is 34.1 Å². The smallest absolute Gasteiger partial charge is 0.416 e. The summed E-state index contributed by atoms with van der Waals surface area (Å²) in [4.78, 5) is 39.6. The van der Waals surface area contributed by atoms with E-state index in [9.17, 15) is 14.4 Å². The highest BCUT2D eigenvalue weighted by atomic mass is 32.1. The zero-order valence-corrected chi connectivity index (χ0v) is 16.5. The van der Waals surface area contributed by atoms with Gasteiger partial charge < -0.3 is 19.1 Å². The summed E-state index contributed by atoms with van der Waals surface area (Å²) < 4.78 is 15.3. The van der Waals surface area contributed by atoms with E-state index in [1.807, 2.05) is 30.3 Å². The maximum Gasteiger partial charge on any atom is 0.416 e. The fraction of sp³-hybridized carbons (Fsp3) is 0.350. The molecule has 2 amide bonds. The SMILES string of the molecule is O=C(OCC(=O)N1CCOC1=O)c1cc(-c2ccccc2)c(N2CCOCC2)s1. The Kier molecular flexibility index (Phi) is 5.77. The molecule has 1 aromatic heterocycles. The van der Waals surface area contributed by atoms with Crippen molar-refractivity contribution in [1.29, 1.82) is 0 Å². The first-order chi connectivity index (χ1) is 14.1. The Morgan fingerprint density at radius 3 is 2.52 bits per heavy atom. The summed E-state index contributed by atoms with van der Waals surface area (Å²) in [6.45, 7) is 2.58. The average molecular weight is 416 g/mol. The van der Waals surface area contributed by atoms with Crippen molar-refractivity contribution >= 4 is 34.3 Å². The fourth-order valence-electron chi connectivity index (χ4n) is 3.20. The Bertz CT molecular complexity index is 907. The number of hydrogen-bond donors (Lipinski definition) is 0. The van der Waals surface area contributed by atoms with E-state index < -0.39 is 24.6 Å². The molecule has 1 aromatic carbocycles. The number of carbonyl (C=O) groups is 3. The van der Waals surface area contributed by atoms with Crippen molar-refractivity contribution in [2.45, 2.75) is 0 Å². The number of thiophene rings is 1. The number of carbonyl (C=O) groups excluding carboxylic acids is 3. The van der Waals surface area contributed by atoms with Crippen LogP contribution < -0.4 is 4.90 Å². The molecule has 0 unspecified atom stereocenters. The monoisotopic (exact) mass is 416 g/mol. The van der Waals surface area contributed by atoms with Gasteiger partial charge in [0.25, 0.3) is 5.91 Å². The lowest BCUT2D eigenvalue weighted by molar-refractivity contribution is -0.131. The number of nitrogens with zero attached hydrogens (tertiary/aromatic N) is 2. The fourth-order valence-corrected chi connectivity index (χ4v) is 4.33. The molecule has 3 heterocycles. The molecule has 2 fully saturated rings. The number of esters is 1. The standard InChI is InChI=1S/C20H20N2O6S/c23-17(22-8-11-27-20(22)25)13-28-19(24)16-12-15(14-4-2-1-3-5-14)18(29-16)21-6-9-26-10-7-21/h1-5,12H,6-11,13H2. The van der Waals surface area contributed by atoms with Crippen LogP contribution in [0.1, 0.15) is 9.67 Å². The minimum atomic E-state index is -0.705. The van der Waals surface area contributed by atoms with E-state index in [-0.39, 0.29) is 13.2 Å². The number of amides is 2. The highest BCUT2D eigenvalue weighted by Crippen LogP contribution is 2.39. The topological polar surface area (TPSA) is 85.4 Å². The number of hydrogen-bond acceptors (Lipinski definition) is 8. The predicted molar refractivity (Wildman–Crippen MR) is 106 cm³/mol. The second-order valence-electron chi connectivity index (χ2n) is 6.53. The van der Waals surface area contributed by atoms with E-state index in [2.05, 4.69) is 4.90 Å². The van der Waals surface area contributed by atoms with Gasteiger partial charge in [0, 0.05) is 18.7 Å².